The molecular weight excluding hydrogens is 196 g/mol. The summed E-state index contributed by atoms with van der Waals surface area (Å²) in [6.45, 7) is 0. The van der Waals surface area contributed by atoms with Crippen molar-refractivity contribution >= 4 is 0 Å². The SMILES string of the molecule is NC1CC(NC2CC=CC2)c2ccccc21. The molecule has 0 spiro atoms. The minimum atomic E-state index is 0.211. The van der Waals surface area contributed by atoms with Crippen LogP contribution < -0.4 is 11.1 Å². The van der Waals surface area contributed by atoms with Gasteiger partial charge in [0.2, 0.25) is 0 Å². The summed E-state index contributed by atoms with van der Waals surface area (Å²) in [4.78, 5) is 0. The smallest absolute Gasteiger partial charge is 0.0344 e. The van der Waals surface area contributed by atoms with Crippen LogP contribution in [0.15, 0.2) is 36.4 Å². The number of nitrogens with one attached hydrogen (secondary N) is 1. The van der Waals surface area contributed by atoms with Gasteiger partial charge in [0, 0.05) is 18.1 Å². The van der Waals surface area contributed by atoms with Crippen molar-refractivity contribution in [1.82, 2.24) is 5.32 Å². The summed E-state index contributed by atoms with van der Waals surface area (Å²) in [5.74, 6) is 0. The molecule has 3 N–H and O–H groups in total. The van der Waals surface area contributed by atoms with E-state index in [9.17, 15) is 0 Å². The van der Waals surface area contributed by atoms with Crippen LogP contribution in [-0.2, 0) is 0 Å². The first-order valence-corrected chi connectivity index (χ1v) is 6.10. The van der Waals surface area contributed by atoms with Crippen LogP contribution in [0.25, 0.3) is 0 Å². The van der Waals surface area contributed by atoms with Crippen LogP contribution in [0, 0.1) is 0 Å². The summed E-state index contributed by atoms with van der Waals surface area (Å²) >= 11 is 0. The minimum Gasteiger partial charge on any atom is -0.324 e. The van der Waals surface area contributed by atoms with Crippen LogP contribution in [0.3, 0.4) is 0 Å². The summed E-state index contributed by atoms with van der Waals surface area (Å²) < 4.78 is 0. The van der Waals surface area contributed by atoms with Crippen molar-refractivity contribution in [3.05, 3.63) is 47.5 Å². The molecule has 2 nitrogen and oxygen atoms in total. The average Bonchev–Trinajstić information content (AvgIpc) is 2.90. The fraction of sp³-hybridized carbons (Fsp3) is 0.429. The molecule has 2 heteroatoms. The minimum absolute atomic E-state index is 0.211. The molecule has 2 aliphatic rings. The summed E-state index contributed by atoms with van der Waals surface area (Å²) in [5.41, 5.74) is 8.88. The second kappa shape index (κ2) is 4.04. The Morgan fingerprint density at radius 2 is 1.75 bits per heavy atom. The lowest BCUT2D eigenvalue weighted by Crippen LogP contribution is -2.30. The van der Waals surface area contributed by atoms with E-state index in [1.807, 2.05) is 0 Å². The normalized spacial score (nSPS) is 28.6. The van der Waals surface area contributed by atoms with Crippen molar-refractivity contribution in [2.45, 2.75) is 37.4 Å². The van der Waals surface area contributed by atoms with E-state index in [1.54, 1.807) is 0 Å². The number of benzene rings is 1. The van der Waals surface area contributed by atoms with Crippen molar-refractivity contribution in [3.8, 4) is 0 Å². The third-order valence-electron chi connectivity index (χ3n) is 3.71. The van der Waals surface area contributed by atoms with Gasteiger partial charge in [-0.1, -0.05) is 36.4 Å². The fourth-order valence-electron chi connectivity index (χ4n) is 2.87. The second-order valence-electron chi connectivity index (χ2n) is 4.83. The van der Waals surface area contributed by atoms with E-state index in [0.717, 1.165) is 19.3 Å². The Labute approximate surface area is 96.5 Å². The molecule has 0 fully saturated rings. The highest BCUT2D eigenvalue weighted by atomic mass is 15.0. The van der Waals surface area contributed by atoms with Crippen LogP contribution in [-0.4, -0.2) is 6.04 Å². The summed E-state index contributed by atoms with van der Waals surface area (Å²) in [6, 6.07) is 9.84. The maximum atomic E-state index is 6.16. The molecule has 1 aromatic carbocycles. The van der Waals surface area contributed by atoms with E-state index in [1.165, 1.54) is 11.1 Å². The van der Waals surface area contributed by atoms with Gasteiger partial charge in [-0.2, -0.15) is 0 Å². The van der Waals surface area contributed by atoms with Gasteiger partial charge >= 0.3 is 0 Å². The Bertz CT molecular complexity index is 403. The molecule has 2 atom stereocenters. The van der Waals surface area contributed by atoms with E-state index < -0.39 is 0 Å². The van der Waals surface area contributed by atoms with Crippen molar-refractivity contribution < 1.29 is 0 Å². The second-order valence-corrected chi connectivity index (χ2v) is 4.83. The largest absolute Gasteiger partial charge is 0.324 e. The summed E-state index contributed by atoms with van der Waals surface area (Å²) in [7, 11) is 0. The highest BCUT2D eigenvalue weighted by Crippen LogP contribution is 2.37. The van der Waals surface area contributed by atoms with Gasteiger partial charge in [-0.15, -0.1) is 0 Å². The Hall–Kier alpha value is -1.12. The monoisotopic (exact) mass is 214 g/mol. The molecule has 0 saturated carbocycles. The van der Waals surface area contributed by atoms with Crippen LogP contribution in [0.5, 0.6) is 0 Å². The Kier molecular flexibility index (Phi) is 2.54. The van der Waals surface area contributed by atoms with Crippen molar-refractivity contribution in [1.29, 1.82) is 0 Å². The molecule has 0 radical (unpaired) electrons. The average molecular weight is 214 g/mol. The van der Waals surface area contributed by atoms with Gasteiger partial charge in [0.15, 0.2) is 0 Å². The Balaban J connectivity index is 1.78. The summed E-state index contributed by atoms with van der Waals surface area (Å²) in [6.07, 6.45) is 7.88. The zero-order valence-electron chi connectivity index (χ0n) is 9.39. The standard InChI is InChI=1S/C14H18N2/c15-13-9-14(16-10-5-1-2-6-10)12-8-4-3-7-11(12)13/h1-4,7-8,10,13-14,16H,5-6,9,15H2. The number of fused-ring (bicyclic) bond motifs is 1. The zero-order valence-corrected chi connectivity index (χ0v) is 9.39. The number of hydrogen-bond donors (Lipinski definition) is 2. The van der Waals surface area contributed by atoms with Gasteiger partial charge < -0.3 is 11.1 Å². The van der Waals surface area contributed by atoms with E-state index in [-0.39, 0.29) is 6.04 Å². The van der Waals surface area contributed by atoms with E-state index in [4.69, 9.17) is 5.73 Å². The first kappa shape index (κ1) is 10.1. The van der Waals surface area contributed by atoms with Gasteiger partial charge in [0.1, 0.15) is 0 Å². The quantitative estimate of drug-likeness (QED) is 0.742. The number of nitrogens with two attached hydrogens (primary N) is 1. The van der Waals surface area contributed by atoms with Crippen molar-refractivity contribution in [2.75, 3.05) is 0 Å². The Morgan fingerprint density at radius 3 is 2.50 bits per heavy atom. The molecule has 1 aromatic rings. The number of hydrogen-bond acceptors (Lipinski definition) is 2. The zero-order chi connectivity index (χ0) is 11.0. The van der Waals surface area contributed by atoms with Crippen LogP contribution in [0.2, 0.25) is 0 Å². The molecule has 2 aliphatic carbocycles. The topological polar surface area (TPSA) is 38.0 Å². The molecule has 2 unspecified atom stereocenters. The Morgan fingerprint density at radius 1 is 1.06 bits per heavy atom. The molecule has 0 amide bonds. The molecule has 84 valence electrons. The molecule has 0 bridgehead atoms. The van der Waals surface area contributed by atoms with Crippen LogP contribution >= 0.6 is 0 Å². The van der Waals surface area contributed by atoms with Crippen molar-refractivity contribution in [3.63, 3.8) is 0 Å². The van der Waals surface area contributed by atoms with Crippen LogP contribution in [0.4, 0.5) is 0 Å². The number of rotatable bonds is 2. The predicted molar refractivity (Wildman–Crippen MR) is 66.0 cm³/mol. The van der Waals surface area contributed by atoms with Crippen molar-refractivity contribution in [2.24, 2.45) is 5.73 Å². The molecule has 0 aliphatic heterocycles. The maximum Gasteiger partial charge on any atom is 0.0344 e. The molecule has 0 saturated heterocycles. The molecule has 3 rings (SSSR count). The molecular formula is C14H18N2. The molecule has 0 heterocycles. The van der Waals surface area contributed by atoms with Gasteiger partial charge in [-0.25, -0.2) is 0 Å². The first-order chi connectivity index (χ1) is 7.84. The van der Waals surface area contributed by atoms with Gasteiger partial charge in [0.25, 0.3) is 0 Å². The predicted octanol–water partition coefficient (Wildman–Crippen LogP) is 2.44. The lowest BCUT2D eigenvalue weighted by molar-refractivity contribution is 0.430. The first-order valence-electron chi connectivity index (χ1n) is 6.10. The van der Waals surface area contributed by atoms with E-state index >= 15 is 0 Å². The lowest BCUT2D eigenvalue weighted by atomic mass is 10.1. The highest BCUT2D eigenvalue weighted by molar-refractivity contribution is 5.37. The maximum absolute atomic E-state index is 6.16. The van der Waals surface area contributed by atoms with Gasteiger partial charge in [-0.05, 0) is 30.4 Å². The van der Waals surface area contributed by atoms with Crippen LogP contribution in [0.1, 0.15) is 42.5 Å². The van der Waals surface area contributed by atoms with Gasteiger partial charge in [0.05, 0.1) is 0 Å². The fourth-order valence-corrected chi connectivity index (χ4v) is 2.87. The van der Waals surface area contributed by atoms with Gasteiger partial charge in [-0.3, -0.25) is 0 Å². The van der Waals surface area contributed by atoms with E-state index in [0.29, 0.717) is 12.1 Å². The molecule has 0 aromatic heterocycles. The van der Waals surface area contributed by atoms with E-state index in [2.05, 4.69) is 41.7 Å². The third kappa shape index (κ3) is 1.68. The summed E-state index contributed by atoms with van der Waals surface area (Å²) in [5, 5.41) is 3.72. The highest BCUT2D eigenvalue weighted by Gasteiger charge is 2.29. The lowest BCUT2D eigenvalue weighted by Gasteiger charge is -2.19. The third-order valence-corrected chi connectivity index (χ3v) is 3.71. The molecule has 16 heavy (non-hydrogen) atoms.